The van der Waals surface area contributed by atoms with Crippen molar-refractivity contribution in [2.24, 2.45) is 0 Å². The van der Waals surface area contributed by atoms with Gasteiger partial charge in [-0.3, -0.25) is 4.79 Å². The van der Waals surface area contributed by atoms with E-state index in [1.807, 2.05) is 77.5 Å². The number of fused-ring (bicyclic) bond motifs is 1. The van der Waals surface area contributed by atoms with Crippen LogP contribution in [-0.4, -0.2) is 42.1 Å². The molecular weight excluding hydrogens is 550 g/mol. The van der Waals surface area contributed by atoms with Crippen LogP contribution < -0.4 is 25.4 Å². The topological polar surface area (TPSA) is 88.9 Å². The summed E-state index contributed by atoms with van der Waals surface area (Å²) < 4.78 is 12.8. The number of para-hydroxylation sites is 2. The number of carbonyl (C=O) groups is 1. The molecule has 42 heavy (non-hydrogen) atoms. The predicted octanol–water partition coefficient (Wildman–Crippen LogP) is 7.37. The Bertz CT molecular complexity index is 1630. The molecular formula is C33H34ClN5O3. The molecule has 0 radical (unpaired) electrons. The van der Waals surface area contributed by atoms with Crippen LogP contribution >= 0.6 is 11.6 Å². The van der Waals surface area contributed by atoms with Crippen molar-refractivity contribution in [2.45, 2.75) is 25.3 Å². The molecule has 2 aromatic heterocycles. The van der Waals surface area contributed by atoms with Crippen LogP contribution in [0.3, 0.4) is 0 Å². The molecule has 5 aromatic rings. The Morgan fingerprint density at radius 3 is 2.31 bits per heavy atom. The van der Waals surface area contributed by atoms with Crippen LogP contribution in [0.4, 0.5) is 17.1 Å². The number of benzene rings is 3. The van der Waals surface area contributed by atoms with Gasteiger partial charge in [0.25, 0.3) is 0 Å². The number of hydrogen-bond acceptors (Lipinski definition) is 6. The molecule has 1 amide bonds. The third-order valence-corrected chi connectivity index (χ3v) is 7.23. The van der Waals surface area contributed by atoms with Gasteiger partial charge in [-0.2, -0.15) is 0 Å². The number of rotatable bonds is 13. The molecule has 2 heterocycles. The molecule has 3 aromatic carbocycles. The number of methoxy groups -OCH3 is 2. The van der Waals surface area contributed by atoms with Gasteiger partial charge in [0.15, 0.2) is 0 Å². The minimum atomic E-state index is -0.402. The van der Waals surface area contributed by atoms with Crippen molar-refractivity contribution < 1.29 is 14.3 Å². The van der Waals surface area contributed by atoms with Crippen molar-refractivity contribution >= 4 is 40.2 Å². The van der Waals surface area contributed by atoms with Gasteiger partial charge in [-0.15, -0.1) is 0 Å². The van der Waals surface area contributed by atoms with Crippen LogP contribution in [0.2, 0.25) is 5.02 Å². The summed E-state index contributed by atoms with van der Waals surface area (Å²) in [4.78, 5) is 18.3. The summed E-state index contributed by atoms with van der Waals surface area (Å²) in [6.07, 6.45) is 6.27. The highest BCUT2D eigenvalue weighted by molar-refractivity contribution is 6.32. The number of nitrogens with zero attached hydrogens (tertiary/aromatic N) is 2. The maximum Gasteiger partial charge on any atom is 0.246 e. The Kier molecular flexibility index (Phi) is 9.46. The molecule has 9 heteroatoms. The first-order valence-corrected chi connectivity index (χ1v) is 14.2. The monoisotopic (exact) mass is 583 g/mol. The fraction of sp³-hybridized carbons (Fsp3) is 0.212. The van der Waals surface area contributed by atoms with E-state index < -0.39 is 6.04 Å². The minimum Gasteiger partial charge on any atom is -0.496 e. The number of aromatic nitrogens is 2. The standard InChI is InChI=1S/C33H34ClN5O3/c1-41-30-21-31(42-2)27(34)20-26(30)29-22-39-18-16-25(19-32(39)38-29)37-33(40)28(36-24-13-7-4-8-14-24)15-9-10-17-35-23-11-5-3-6-12-23/h3-8,11-14,16,18-22,28,35-36H,9-10,15,17H2,1-2H3,(H,37,40)/t28-/m0/s1. The van der Waals surface area contributed by atoms with E-state index in [0.29, 0.717) is 40.0 Å². The van der Waals surface area contributed by atoms with Crippen molar-refractivity contribution in [3.05, 3.63) is 102 Å². The molecule has 0 aliphatic rings. The molecule has 8 nitrogen and oxygen atoms in total. The fourth-order valence-electron chi connectivity index (χ4n) is 4.75. The highest BCUT2D eigenvalue weighted by atomic mass is 35.5. The number of carbonyl (C=O) groups excluding carboxylic acids is 1. The highest BCUT2D eigenvalue weighted by Gasteiger charge is 2.19. The van der Waals surface area contributed by atoms with E-state index in [1.54, 1.807) is 26.4 Å². The van der Waals surface area contributed by atoms with Gasteiger partial charge < -0.3 is 29.8 Å². The van der Waals surface area contributed by atoms with Gasteiger partial charge in [-0.25, -0.2) is 4.98 Å². The lowest BCUT2D eigenvalue weighted by Gasteiger charge is -2.20. The number of unbranched alkanes of at least 4 members (excludes halogenated alkanes) is 1. The maximum atomic E-state index is 13.5. The number of pyridine rings is 1. The normalized spacial score (nSPS) is 11.6. The lowest BCUT2D eigenvalue weighted by atomic mass is 10.1. The third-order valence-electron chi connectivity index (χ3n) is 6.93. The highest BCUT2D eigenvalue weighted by Crippen LogP contribution is 2.38. The molecule has 0 aliphatic carbocycles. The van der Waals surface area contributed by atoms with Crippen LogP contribution in [-0.2, 0) is 4.79 Å². The average molecular weight is 584 g/mol. The number of amides is 1. The molecule has 216 valence electrons. The molecule has 5 rings (SSSR count). The average Bonchev–Trinajstić information content (AvgIpc) is 3.44. The van der Waals surface area contributed by atoms with E-state index in [0.717, 1.165) is 36.3 Å². The van der Waals surface area contributed by atoms with Crippen LogP contribution in [0.1, 0.15) is 19.3 Å². The molecule has 0 saturated carbocycles. The van der Waals surface area contributed by atoms with E-state index in [2.05, 4.69) is 28.1 Å². The van der Waals surface area contributed by atoms with E-state index in [1.165, 1.54) is 0 Å². The predicted molar refractivity (Wildman–Crippen MR) is 170 cm³/mol. The smallest absolute Gasteiger partial charge is 0.246 e. The maximum absolute atomic E-state index is 13.5. The summed E-state index contributed by atoms with van der Waals surface area (Å²) in [5.41, 5.74) is 4.77. The van der Waals surface area contributed by atoms with Gasteiger partial charge in [0, 0.05) is 53.7 Å². The molecule has 0 aliphatic heterocycles. The van der Waals surface area contributed by atoms with Gasteiger partial charge in [0.05, 0.1) is 24.9 Å². The van der Waals surface area contributed by atoms with E-state index in [-0.39, 0.29) is 5.91 Å². The first kappa shape index (κ1) is 28.8. The van der Waals surface area contributed by atoms with Gasteiger partial charge >= 0.3 is 0 Å². The quantitative estimate of drug-likeness (QED) is 0.125. The van der Waals surface area contributed by atoms with Crippen LogP contribution in [0.5, 0.6) is 11.5 Å². The molecule has 0 unspecified atom stereocenters. The lowest BCUT2D eigenvalue weighted by Crippen LogP contribution is -2.34. The SMILES string of the molecule is COc1cc(OC)c(-c2cn3ccc(NC(=O)[C@H](CCCCNc4ccccc4)Nc4ccccc4)cc3n2)cc1Cl. The van der Waals surface area contributed by atoms with E-state index in [4.69, 9.17) is 26.1 Å². The Labute approximate surface area is 250 Å². The molecule has 0 saturated heterocycles. The van der Waals surface area contributed by atoms with Crippen molar-refractivity contribution in [3.63, 3.8) is 0 Å². The first-order valence-electron chi connectivity index (χ1n) is 13.9. The number of imidazole rings is 1. The summed E-state index contributed by atoms with van der Waals surface area (Å²) in [7, 11) is 3.15. The second kappa shape index (κ2) is 13.8. The zero-order valence-electron chi connectivity index (χ0n) is 23.6. The number of ether oxygens (including phenoxy) is 2. The van der Waals surface area contributed by atoms with Gasteiger partial charge in [-0.05, 0) is 55.7 Å². The number of hydrogen-bond donors (Lipinski definition) is 3. The molecule has 1 atom stereocenters. The fourth-order valence-corrected chi connectivity index (χ4v) is 4.99. The van der Waals surface area contributed by atoms with Gasteiger partial charge in [0.1, 0.15) is 23.2 Å². The minimum absolute atomic E-state index is 0.102. The Balaban J connectivity index is 1.28. The van der Waals surface area contributed by atoms with Crippen LogP contribution in [0.25, 0.3) is 16.9 Å². The lowest BCUT2D eigenvalue weighted by molar-refractivity contribution is -0.117. The second-order valence-corrected chi connectivity index (χ2v) is 10.2. The number of anilines is 3. The Morgan fingerprint density at radius 2 is 1.60 bits per heavy atom. The van der Waals surface area contributed by atoms with Crippen LogP contribution in [0.15, 0.2) is 97.3 Å². The van der Waals surface area contributed by atoms with E-state index in [9.17, 15) is 4.79 Å². The summed E-state index contributed by atoms with van der Waals surface area (Å²) in [6.45, 7) is 0.840. The van der Waals surface area contributed by atoms with E-state index >= 15 is 0 Å². The molecule has 0 bridgehead atoms. The van der Waals surface area contributed by atoms with Crippen molar-refractivity contribution in [2.75, 3.05) is 36.7 Å². The summed E-state index contributed by atoms with van der Waals surface area (Å²) >= 11 is 6.39. The second-order valence-electron chi connectivity index (χ2n) is 9.83. The molecule has 0 spiro atoms. The van der Waals surface area contributed by atoms with Crippen molar-refractivity contribution in [1.82, 2.24) is 9.38 Å². The Hall–Kier alpha value is -4.69. The van der Waals surface area contributed by atoms with Gasteiger partial charge in [-0.1, -0.05) is 48.0 Å². The molecule has 0 fully saturated rings. The third kappa shape index (κ3) is 7.14. The van der Waals surface area contributed by atoms with Gasteiger partial charge in [0.2, 0.25) is 5.91 Å². The summed E-state index contributed by atoms with van der Waals surface area (Å²) in [5.74, 6) is 1.02. The van der Waals surface area contributed by atoms with Crippen molar-refractivity contribution in [3.8, 4) is 22.8 Å². The Morgan fingerprint density at radius 1 is 0.881 bits per heavy atom. The zero-order valence-corrected chi connectivity index (χ0v) is 24.4. The summed E-state index contributed by atoms with van der Waals surface area (Å²) in [6, 6.07) is 26.8. The molecule has 3 N–H and O–H groups in total. The number of nitrogens with one attached hydrogen (secondary N) is 3. The summed E-state index contributed by atoms with van der Waals surface area (Å²) in [5, 5.41) is 10.4. The van der Waals surface area contributed by atoms with Crippen LogP contribution in [0, 0.1) is 0 Å². The zero-order chi connectivity index (χ0) is 29.3. The first-order chi connectivity index (χ1) is 20.5. The van der Waals surface area contributed by atoms with Crippen molar-refractivity contribution in [1.29, 1.82) is 0 Å². The largest absolute Gasteiger partial charge is 0.496 e. The number of halogens is 1.